The van der Waals surface area contributed by atoms with E-state index in [1.54, 1.807) is 24.0 Å². The number of aromatic nitrogens is 2. The van der Waals surface area contributed by atoms with E-state index in [2.05, 4.69) is 26.2 Å². The third kappa shape index (κ3) is 4.89. The van der Waals surface area contributed by atoms with Crippen molar-refractivity contribution < 1.29 is 14.3 Å². The van der Waals surface area contributed by atoms with Gasteiger partial charge in [-0.05, 0) is 38.0 Å². The number of hydrogen-bond acceptors (Lipinski definition) is 5. The minimum atomic E-state index is -0.304. The van der Waals surface area contributed by atoms with E-state index in [1.165, 1.54) is 10.9 Å². The van der Waals surface area contributed by atoms with Gasteiger partial charge < -0.3 is 15.0 Å². The van der Waals surface area contributed by atoms with Gasteiger partial charge >= 0.3 is 6.09 Å². The molecule has 0 aliphatic carbocycles. The Labute approximate surface area is 171 Å². The van der Waals surface area contributed by atoms with Crippen molar-refractivity contribution in [2.24, 2.45) is 0 Å². The molecule has 1 fully saturated rings. The second-order valence-electron chi connectivity index (χ2n) is 6.68. The summed E-state index contributed by atoms with van der Waals surface area (Å²) >= 11 is 3.36. The number of fused-ring (bicyclic) bond motifs is 1. The number of piperidine rings is 1. The van der Waals surface area contributed by atoms with E-state index >= 15 is 0 Å². The number of aryl methyl sites for hydroxylation is 1. The van der Waals surface area contributed by atoms with Gasteiger partial charge in [-0.2, -0.15) is 0 Å². The Kier molecular flexibility index (Phi) is 6.66. The number of amides is 2. The van der Waals surface area contributed by atoms with Gasteiger partial charge in [0, 0.05) is 36.6 Å². The minimum absolute atomic E-state index is 0.0283. The van der Waals surface area contributed by atoms with Crippen molar-refractivity contribution in [3.05, 3.63) is 39.4 Å². The third-order valence-corrected chi connectivity index (χ3v) is 5.25. The Balaban J connectivity index is 1.51. The summed E-state index contributed by atoms with van der Waals surface area (Å²) in [7, 11) is 0. The van der Waals surface area contributed by atoms with Crippen LogP contribution in [0.1, 0.15) is 26.2 Å². The largest absolute Gasteiger partial charge is 0.450 e. The number of likely N-dealkylation sites (tertiary alicyclic amines) is 1. The molecule has 1 saturated heterocycles. The highest BCUT2D eigenvalue weighted by Crippen LogP contribution is 2.15. The monoisotopic (exact) mass is 450 g/mol. The number of halogens is 1. The molecule has 0 atom stereocenters. The molecule has 0 spiro atoms. The van der Waals surface area contributed by atoms with E-state index in [-0.39, 0.29) is 36.6 Å². The van der Waals surface area contributed by atoms with Crippen molar-refractivity contribution in [1.82, 2.24) is 19.8 Å². The number of rotatable bonds is 5. The summed E-state index contributed by atoms with van der Waals surface area (Å²) in [4.78, 5) is 42.5. The summed E-state index contributed by atoms with van der Waals surface area (Å²) in [6, 6.07) is 5.37. The number of carbonyl (C=O) groups excluding carboxylic acids is 2. The summed E-state index contributed by atoms with van der Waals surface area (Å²) in [6.07, 6.45) is 2.75. The van der Waals surface area contributed by atoms with Crippen LogP contribution in [0.15, 0.2) is 33.8 Å². The van der Waals surface area contributed by atoms with E-state index < -0.39 is 0 Å². The molecule has 0 bridgehead atoms. The van der Waals surface area contributed by atoms with Crippen LogP contribution in [-0.4, -0.2) is 52.2 Å². The molecular weight excluding hydrogens is 428 g/mol. The third-order valence-electron chi connectivity index (χ3n) is 4.75. The van der Waals surface area contributed by atoms with Gasteiger partial charge in [-0.1, -0.05) is 15.9 Å². The van der Waals surface area contributed by atoms with E-state index in [9.17, 15) is 14.4 Å². The first kappa shape index (κ1) is 20.3. The number of carbonyl (C=O) groups is 2. The number of benzene rings is 1. The lowest BCUT2D eigenvalue weighted by atomic mass is 10.1. The van der Waals surface area contributed by atoms with Crippen molar-refractivity contribution in [2.75, 3.05) is 19.7 Å². The van der Waals surface area contributed by atoms with Gasteiger partial charge in [0.05, 0.1) is 23.8 Å². The predicted molar refractivity (Wildman–Crippen MR) is 108 cm³/mol. The van der Waals surface area contributed by atoms with E-state index in [0.717, 1.165) is 4.47 Å². The standard InChI is InChI=1S/C19H23BrN4O4/c1-2-28-19(27)23-8-5-14(6-9-23)22-17(25)7-10-24-12-21-16-4-3-13(20)11-15(16)18(24)26/h3-4,11-12,14H,2,5-10H2,1H3,(H,22,25). The number of ether oxygens (including phenoxy) is 1. The number of nitrogens with one attached hydrogen (secondary N) is 1. The lowest BCUT2D eigenvalue weighted by Gasteiger charge is -2.31. The zero-order valence-corrected chi connectivity index (χ0v) is 17.3. The van der Waals surface area contributed by atoms with Crippen molar-refractivity contribution in [2.45, 2.75) is 38.8 Å². The molecule has 1 aliphatic rings. The van der Waals surface area contributed by atoms with E-state index in [0.29, 0.717) is 43.4 Å². The Hall–Kier alpha value is -2.42. The quantitative estimate of drug-likeness (QED) is 0.753. The van der Waals surface area contributed by atoms with E-state index in [1.807, 2.05) is 6.07 Å². The normalized spacial score (nSPS) is 14.9. The smallest absolute Gasteiger partial charge is 0.409 e. The van der Waals surface area contributed by atoms with Gasteiger partial charge in [0.2, 0.25) is 5.91 Å². The van der Waals surface area contributed by atoms with Crippen molar-refractivity contribution >= 4 is 38.8 Å². The van der Waals surface area contributed by atoms with Crippen LogP contribution in [0, 0.1) is 0 Å². The highest BCUT2D eigenvalue weighted by atomic mass is 79.9. The maximum absolute atomic E-state index is 12.6. The van der Waals surface area contributed by atoms with Crippen LogP contribution in [-0.2, 0) is 16.1 Å². The summed E-state index contributed by atoms with van der Waals surface area (Å²) in [6.45, 7) is 3.52. The second-order valence-corrected chi connectivity index (χ2v) is 7.60. The van der Waals surface area contributed by atoms with Gasteiger partial charge in [-0.3, -0.25) is 14.2 Å². The molecule has 2 aromatic rings. The van der Waals surface area contributed by atoms with Crippen LogP contribution >= 0.6 is 15.9 Å². The summed E-state index contributed by atoms with van der Waals surface area (Å²) < 4.78 is 7.26. The van der Waals surface area contributed by atoms with Crippen LogP contribution in [0.3, 0.4) is 0 Å². The molecule has 1 aliphatic heterocycles. The SMILES string of the molecule is CCOC(=O)N1CCC(NC(=O)CCn2cnc3ccc(Br)cc3c2=O)CC1. The van der Waals surface area contributed by atoms with Crippen molar-refractivity contribution in [3.63, 3.8) is 0 Å². The Morgan fingerprint density at radius 1 is 1.32 bits per heavy atom. The fraction of sp³-hybridized carbons (Fsp3) is 0.474. The maximum Gasteiger partial charge on any atom is 0.409 e. The summed E-state index contributed by atoms with van der Waals surface area (Å²) in [5.41, 5.74) is 0.462. The Morgan fingerprint density at radius 2 is 2.07 bits per heavy atom. The number of nitrogens with zero attached hydrogens (tertiary/aromatic N) is 3. The molecule has 8 nitrogen and oxygen atoms in total. The molecule has 150 valence electrons. The molecule has 28 heavy (non-hydrogen) atoms. The zero-order valence-electron chi connectivity index (χ0n) is 15.7. The zero-order chi connectivity index (χ0) is 20.1. The molecule has 0 radical (unpaired) electrons. The predicted octanol–water partition coefficient (Wildman–Crippen LogP) is 2.29. The molecule has 0 saturated carbocycles. The maximum atomic E-state index is 12.6. The van der Waals surface area contributed by atoms with Crippen LogP contribution in [0.4, 0.5) is 4.79 Å². The van der Waals surface area contributed by atoms with Crippen LogP contribution in [0.2, 0.25) is 0 Å². The van der Waals surface area contributed by atoms with Crippen molar-refractivity contribution in [1.29, 1.82) is 0 Å². The first-order chi connectivity index (χ1) is 13.5. The Morgan fingerprint density at radius 3 is 2.79 bits per heavy atom. The van der Waals surface area contributed by atoms with Crippen molar-refractivity contribution in [3.8, 4) is 0 Å². The van der Waals surface area contributed by atoms with Gasteiger partial charge in [-0.15, -0.1) is 0 Å². The van der Waals surface area contributed by atoms with Crippen LogP contribution < -0.4 is 10.9 Å². The molecule has 0 unspecified atom stereocenters. The van der Waals surface area contributed by atoms with Gasteiger partial charge in [0.1, 0.15) is 0 Å². The van der Waals surface area contributed by atoms with E-state index in [4.69, 9.17) is 4.74 Å². The Bertz CT molecular complexity index is 922. The first-order valence-electron chi connectivity index (χ1n) is 9.33. The summed E-state index contributed by atoms with van der Waals surface area (Å²) in [5, 5.41) is 3.50. The molecule has 1 aromatic carbocycles. The van der Waals surface area contributed by atoms with Gasteiger partial charge in [0.15, 0.2) is 0 Å². The van der Waals surface area contributed by atoms with Gasteiger partial charge in [-0.25, -0.2) is 9.78 Å². The lowest BCUT2D eigenvalue weighted by molar-refractivity contribution is -0.122. The highest BCUT2D eigenvalue weighted by molar-refractivity contribution is 9.10. The molecule has 2 amide bonds. The molecular formula is C19H23BrN4O4. The average molecular weight is 451 g/mol. The van der Waals surface area contributed by atoms with Gasteiger partial charge in [0.25, 0.3) is 5.56 Å². The lowest BCUT2D eigenvalue weighted by Crippen LogP contribution is -2.46. The molecule has 1 N–H and O–H groups in total. The van der Waals surface area contributed by atoms with Crippen LogP contribution in [0.25, 0.3) is 10.9 Å². The minimum Gasteiger partial charge on any atom is -0.450 e. The average Bonchev–Trinajstić information content (AvgIpc) is 2.68. The number of hydrogen-bond donors (Lipinski definition) is 1. The first-order valence-corrected chi connectivity index (χ1v) is 10.1. The fourth-order valence-electron chi connectivity index (χ4n) is 3.23. The molecule has 9 heteroatoms. The second kappa shape index (κ2) is 9.18. The summed E-state index contributed by atoms with van der Waals surface area (Å²) in [5.74, 6) is -0.115. The molecule has 2 heterocycles. The molecule has 3 rings (SSSR count). The fourth-order valence-corrected chi connectivity index (χ4v) is 3.59. The molecule has 1 aromatic heterocycles. The topological polar surface area (TPSA) is 93.5 Å². The van der Waals surface area contributed by atoms with Crippen LogP contribution in [0.5, 0.6) is 0 Å². The highest BCUT2D eigenvalue weighted by Gasteiger charge is 2.24.